The van der Waals surface area contributed by atoms with E-state index in [-0.39, 0.29) is 5.56 Å². The van der Waals surface area contributed by atoms with E-state index in [1.165, 1.54) is 6.92 Å². The molecule has 21 heavy (non-hydrogen) atoms. The molecule has 0 aliphatic carbocycles. The highest BCUT2D eigenvalue weighted by Crippen LogP contribution is 2.40. The number of alkyl halides is 3. The van der Waals surface area contributed by atoms with Crippen LogP contribution in [0.1, 0.15) is 18.9 Å². The summed E-state index contributed by atoms with van der Waals surface area (Å²) in [5.41, 5.74) is -2.28. The van der Waals surface area contributed by atoms with Crippen LogP contribution in [0.4, 0.5) is 23.2 Å². The van der Waals surface area contributed by atoms with Crippen LogP contribution < -0.4 is 0 Å². The zero-order valence-corrected chi connectivity index (χ0v) is 10.7. The third-order valence-corrected chi connectivity index (χ3v) is 3.25. The number of hydrogen-bond acceptors (Lipinski definition) is 4. The molecule has 5 nitrogen and oxygen atoms in total. The molecule has 0 amide bonds. The van der Waals surface area contributed by atoms with Crippen molar-refractivity contribution in [2.75, 3.05) is 0 Å². The number of aliphatic imine (C=N–C) groups is 1. The Hall–Kier alpha value is -2.19. The maximum absolute atomic E-state index is 13.9. The van der Waals surface area contributed by atoms with Crippen LogP contribution in [0.5, 0.6) is 0 Å². The van der Waals surface area contributed by atoms with Crippen molar-refractivity contribution in [3.8, 4) is 0 Å². The largest absolute Gasteiger partial charge is 0.471 e. The van der Waals surface area contributed by atoms with E-state index < -0.39 is 40.7 Å². The monoisotopic (exact) mass is 306 g/mol. The second-order valence-corrected chi connectivity index (χ2v) is 4.80. The van der Waals surface area contributed by atoms with E-state index in [0.29, 0.717) is 6.40 Å². The van der Waals surface area contributed by atoms with Crippen molar-refractivity contribution in [2.45, 2.75) is 31.2 Å². The van der Waals surface area contributed by atoms with Crippen molar-refractivity contribution in [3.05, 3.63) is 39.7 Å². The lowest BCUT2D eigenvalue weighted by Crippen LogP contribution is -2.41. The number of nitrogens with zero attached hydrogens (tertiary/aromatic N) is 2. The van der Waals surface area contributed by atoms with Gasteiger partial charge in [0.15, 0.2) is 12.5 Å². The Kier molecular flexibility index (Phi) is 3.60. The van der Waals surface area contributed by atoms with Gasteiger partial charge in [-0.3, -0.25) is 10.1 Å². The third-order valence-electron chi connectivity index (χ3n) is 3.25. The average Bonchev–Trinajstić information content (AvgIpc) is 2.37. The number of nitro groups is 1. The van der Waals surface area contributed by atoms with Gasteiger partial charge in [-0.25, -0.2) is 9.38 Å². The van der Waals surface area contributed by atoms with Gasteiger partial charge < -0.3 is 4.74 Å². The molecule has 0 unspecified atom stereocenters. The van der Waals surface area contributed by atoms with Crippen LogP contribution in [0.15, 0.2) is 23.2 Å². The summed E-state index contributed by atoms with van der Waals surface area (Å²) in [5, 5.41) is 10.7. The molecule has 2 rings (SSSR count). The number of non-ortho nitro benzene ring substituents is 1. The summed E-state index contributed by atoms with van der Waals surface area (Å²) in [6.45, 7) is 1.27. The Morgan fingerprint density at radius 1 is 1.48 bits per heavy atom. The van der Waals surface area contributed by atoms with Crippen LogP contribution in [-0.4, -0.2) is 23.6 Å². The molecule has 0 bridgehead atoms. The highest BCUT2D eigenvalue weighted by atomic mass is 19.4. The molecule has 114 valence electrons. The third kappa shape index (κ3) is 2.96. The number of nitro benzene ring substituents is 1. The standard InChI is InChI=1S/C12H10F4N2O3/c1-11(5-10(12(14,15)16)21-6-17-11)8-4-7(18(19)20)2-3-9(8)13/h2-4,6,10H,5H2,1H3/t10-,11-/m0/s1. The molecule has 1 aliphatic rings. The van der Waals surface area contributed by atoms with Crippen molar-refractivity contribution >= 4 is 12.1 Å². The smallest absolute Gasteiger partial charge is 0.425 e. The fourth-order valence-corrected chi connectivity index (χ4v) is 2.09. The van der Waals surface area contributed by atoms with E-state index in [1.807, 2.05) is 0 Å². The summed E-state index contributed by atoms with van der Waals surface area (Å²) in [7, 11) is 0. The van der Waals surface area contributed by atoms with Gasteiger partial charge in [-0.2, -0.15) is 13.2 Å². The molecule has 1 heterocycles. The van der Waals surface area contributed by atoms with Crippen LogP contribution in [0.25, 0.3) is 0 Å². The molecule has 1 aromatic carbocycles. The zero-order valence-electron chi connectivity index (χ0n) is 10.7. The van der Waals surface area contributed by atoms with Crippen molar-refractivity contribution in [1.29, 1.82) is 0 Å². The predicted molar refractivity (Wildman–Crippen MR) is 64.4 cm³/mol. The van der Waals surface area contributed by atoms with E-state index in [0.717, 1.165) is 18.2 Å². The second kappa shape index (κ2) is 4.97. The Balaban J connectivity index is 2.45. The Morgan fingerprint density at radius 3 is 2.71 bits per heavy atom. The number of hydrogen-bond donors (Lipinski definition) is 0. The molecule has 9 heteroatoms. The predicted octanol–water partition coefficient (Wildman–Crippen LogP) is 3.33. The summed E-state index contributed by atoms with van der Waals surface area (Å²) < 4.78 is 56.4. The lowest BCUT2D eigenvalue weighted by Gasteiger charge is -2.34. The summed E-state index contributed by atoms with van der Waals surface area (Å²) in [5.74, 6) is -0.858. The number of ether oxygens (including phenoxy) is 1. The minimum atomic E-state index is -4.63. The van der Waals surface area contributed by atoms with Gasteiger partial charge in [0.2, 0.25) is 0 Å². The van der Waals surface area contributed by atoms with E-state index in [2.05, 4.69) is 9.73 Å². The lowest BCUT2D eigenvalue weighted by atomic mass is 9.85. The highest BCUT2D eigenvalue weighted by Gasteiger charge is 2.48. The number of rotatable bonds is 2. The van der Waals surface area contributed by atoms with Crippen molar-refractivity contribution in [1.82, 2.24) is 0 Å². The van der Waals surface area contributed by atoms with Gasteiger partial charge in [0.1, 0.15) is 5.82 Å². The first-order chi connectivity index (χ1) is 9.63. The van der Waals surface area contributed by atoms with Crippen LogP contribution in [0.3, 0.4) is 0 Å². The molecule has 2 atom stereocenters. The van der Waals surface area contributed by atoms with Gasteiger partial charge in [-0.05, 0) is 13.0 Å². The van der Waals surface area contributed by atoms with Gasteiger partial charge in [0.05, 0.1) is 10.5 Å². The normalized spacial score (nSPS) is 25.5. The first-order valence-electron chi connectivity index (χ1n) is 5.84. The van der Waals surface area contributed by atoms with Gasteiger partial charge >= 0.3 is 6.18 Å². The molecule has 0 aromatic heterocycles. The van der Waals surface area contributed by atoms with Crippen LogP contribution >= 0.6 is 0 Å². The fraction of sp³-hybridized carbons (Fsp3) is 0.417. The summed E-state index contributed by atoms with van der Waals surface area (Å²) in [6.07, 6.45) is -6.82. The highest BCUT2D eigenvalue weighted by molar-refractivity contribution is 5.51. The topological polar surface area (TPSA) is 64.7 Å². The molecule has 0 N–H and O–H groups in total. The molecule has 0 spiro atoms. The molecule has 0 saturated carbocycles. The first-order valence-corrected chi connectivity index (χ1v) is 5.84. The van der Waals surface area contributed by atoms with Crippen molar-refractivity contribution in [3.63, 3.8) is 0 Å². The minimum absolute atomic E-state index is 0.273. The second-order valence-electron chi connectivity index (χ2n) is 4.80. The SMILES string of the molecule is C[C@@]1(c2cc([N+](=O)[O-])ccc2F)C[C@@H](C(F)(F)F)OC=N1. The van der Waals surface area contributed by atoms with Gasteiger partial charge in [-0.15, -0.1) is 0 Å². The lowest BCUT2D eigenvalue weighted by molar-refractivity contribution is -0.385. The molecule has 0 fully saturated rings. The van der Waals surface area contributed by atoms with E-state index in [1.54, 1.807) is 0 Å². The Bertz CT molecular complexity index is 603. The van der Waals surface area contributed by atoms with Crippen LogP contribution in [0, 0.1) is 15.9 Å². The van der Waals surface area contributed by atoms with Crippen LogP contribution in [0.2, 0.25) is 0 Å². The summed E-state index contributed by atoms with van der Waals surface area (Å²) in [6, 6.07) is 2.67. The maximum atomic E-state index is 13.9. The number of benzene rings is 1. The van der Waals surface area contributed by atoms with E-state index in [4.69, 9.17) is 0 Å². The van der Waals surface area contributed by atoms with Gasteiger partial charge in [0, 0.05) is 24.1 Å². The average molecular weight is 306 g/mol. The molecular weight excluding hydrogens is 296 g/mol. The zero-order chi connectivity index (χ0) is 15.8. The minimum Gasteiger partial charge on any atom is -0.471 e. The quantitative estimate of drug-likeness (QED) is 0.478. The van der Waals surface area contributed by atoms with Crippen molar-refractivity contribution in [2.24, 2.45) is 4.99 Å². The van der Waals surface area contributed by atoms with Gasteiger partial charge in [-0.1, -0.05) is 0 Å². The van der Waals surface area contributed by atoms with E-state index in [9.17, 15) is 27.7 Å². The molecule has 0 saturated heterocycles. The fourth-order valence-electron chi connectivity index (χ4n) is 2.09. The van der Waals surface area contributed by atoms with Crippen molar-refractivity contribution < 1.29 is 27.2 Å². The first kappa shape index (κ1) is 15.2. The molecular formula is C12H10F4N2O3. The van der Waals surface area contributed by atoms with E-state index >= 15 is 0 Å². The molecule has 0 radical (unpaired) electrons. The summed E-state index contributed by atoms with van der Waals surface area (Å²) >= 11 is 0. The number of halogens is 4. The summed E-state index contributed by atoms with van der Waals surface area (Å²) in [4.78, 5) is 13.7. The molecule has 1 aliphatic heterocycles. The van der Waals surface area contributed by atoms with Crippen LogP contribution in [-0.2, 0) is 10.3 Å². The van der Waals surface area contributed by atoms with Gasteiger partial charge in [0.25, 0.3) is 5.69 Å². The maximum Gasteiger partial charge on any atom is 0.425 e. The Morgan fingerprint density at radius 2 is 2.14 bits per heavy atom. The molecule has 1 aromatic rings. The Labute approximate surface area is 116 Å².